The quantitative estimate of drug-likeness (QED) is 0.733. The lowest BCUT2D eigenvalue weighted by Crippen LogP contribution is -2.19. The summed E-state index contributed by atoms with van der Waals surface area (Å²) in [6, 6.07) is 3.64. The van der Waals surface area contributed by atoms with Gasteiger partial charge in [0.05, 0.1) is 20.3 Å². The highest BCUT2D eigenvalue weighted by Crippen LogP contribution is 2.38. The fraction of sp³-hybridized carbons (Fsp3) is 0.533. The first-order valence-electron chi connectivity index (χ1n) is 6.79. The second-order valence-corrected chi connectivity index (χ2v) is 4.70. The average Bonchev–Trinajstić information content (AvgIpc) is 2.44. The van der Waals surface area contributed by atoms with Crippen LogP contribution >= 0.6 is 0 Å². The van der Waals surface area contributed by atoms with Crippen LogP contribution in [0.3, 0.4) is 0 Å². The molecule has 2 N–H and O–H groups in total. The van der Waals surface area contributed by atoms with Crippen molar-refractivity contribution >= 4 is 5.97 Å². The Bertz CT molecular complexity index is 448. The number of ether oxygens (including phenoxy) is 4. The SMILES string of the molecule is COc1cc(CCN)cc(OC)c1OCC(=O)OC(C)C. The molecule has 0 heterocycles. The van der Waals surface area contributed by atoms with Gasteiger partial charge in [0.25, 0.3) is 0 Å². The minimum atomic E-state index is -0.444. The van der Waals surface area contributed by atoms with Crippen molar-refractivity contribution in [3.63, 3.8) is 0 Å². The summed E-state index contributed by atoms with van der Waals surface area (Å²) in [7, 11) is 3.06. The van der Waals surface area contributed by atoms with E-state index in [2.05, 4.69) is 0 Å². The van der Waals surface area contributed by atoms with Gasteiger partial charge >= 0.3 is 5.97 Å². The maximum absolute atomic E-state index is 11.6. The van der Waals surface area contributed by atoms with Gasteiger partial charge in [-0.2, -0.15) is 0 Å². The number of nitrogens with two attached hydrogens (primary N) is 1. The van der Waals surface area contributed by atoms with Crippen LogP contribution in [-0.2, 0) is 16.0 Å². The molecule has 1 rings (SSSR count). The number of rotatable bonds is 8. The van der Waals surface area contributed by atoms with Gasteiger partial charge in [0, 0.05) is 0 Å². The molecule has 0 amide bonds. The van der Waals surface area contributed by atoms with E-state index in [1.165, 1.54) is 14.2 Å². The lowest BCUT2D eigenvalue weighted by molar-refractivity contribution is -0.149. The van der Waals surface area contributed by atoms with Gasteiger partial charge in [0.15, 0.2) is 18.1 Å². The van der Waals surface area contributed by atoms with E-state index in [1.807, 2.05) is 12.1 Å². The van der Waals surface area contributed by atoms with Crippen LogP contribution < -0.4 is 19.9 Å². The van der Waals surface area contributed by atoms with Crippen LogP contribution in [0.25, 0.3) is 0 Å². The lowest BCUT2D eigenvalue weighted by Gasteiger charge is -2.16. The summed E-state index contributed by atoms with van der Waals surface area (Å²) < 4.78 is 21.1. The Morgan fingerprint density at radius 2 is 1.76 bits per heavy atom. The number of methoxy groups -OCH3 is 2. The summed E-state index contributed by atoms with van der Waals surface area (Å²) >= 11 is 0. The van der Waals surface area contributed by atoms with Crippen molar-refractivity contribution in [2.24, 2.45) is 5.73 Å². The molecule has 0 aliphatic heterocycles. The highest BCUT2D eigenvalue weighted by Gasteiger charge is 2.16. The topological polar surface area (TPSA) is 80.0 Å². The van der Waals surface area contributed by atoms with Crippen LogP contribution in [0.4, 0.5) is 0 Å². The van der Waals surface area contributed by atoms with E-state index in [1.54, 1.807) is 13.8 Å². The maximum atomic E-state index is 11.6. The second kappa shape index (κ2) is 8.36. The van der Waals surface area contributed by atoms with Crippen molar-refractivity contribution in [3.05, 3.63) is 17.7 Å². The van der Waals surface area contributed by atoms with Gasteiger partial charge in [-0.15, -0.1) is 0 Å². The molecule has 0 unspecified atom stereocenters. The third-order valence-electron chi connectivity index (χ3n) is 2.65. The van der Waals surface area contributed by atoms with E-state index in [-0.39, 0.29) is 12.7 Å². The summed E-state index contributed by atoms with van der Waals surface area (Å²) in [6.45, 7) is 3.87. The Morgan fingerprint density at radius 3 is 2.19 bits per heavy atom. The van der Waals surface area contributed by atoms with Crippen molar-refractivity contribution in [1.29, 1.82) is 0 Å². The second-order valence-electron chi connectivity index (χ2n) is 4.70. The molecule has 0 aliphatic rings. The maximum Gasteiger partial charge on any atom is 0.344 e. The zero-order valence-corrected chi connectivity index (χ0v) is 13.0. The van der Waals surface area contributed by atoms with Crippen molar-refractivity contribution in [3.8, 4) is 17.2 Å². The van der Waals surface area contributed by atoms with Crippen molar-refractivity contribution in [1.82, 2.24) is 0 Å². The molecule has 0 saturated heterocycles. The van der Waals surface area contributed by atoms with E-state index in [9.17, 15) is 4.79 Å². The normalized spacial score (nSPS) is 10.4. The fourth-order valence-corrected chi connectivity index (χ4v) is 1.82. The standard InChI is InChI=1S/C15H23NO5/c1-10(2)21-14(17)9-20-15-12(18-3)7-11(5-6-16)8-13(15)19-4/h7-8,10H,5-6,9,16H2,1-4H3. The van der Waals surface area contributed by atoms with Crippen molar-refractivity contribution < 1.29 is 23.7 Å². The zero-order chi connectivity index (χ0) is 15.8. The highest BCUT2D eigenvalue weighted by atomic mass is 16.6. The van der Waals surface area contributed by atoms with Crippen LogP contribution in [0.1, 0.15) is 19.4 Å². The summed E-state index contributed by atoms with van der Waals surface area (Å²) in [5.74, 6) is 0.923. The van der Waals surface area contributed by atoms with Gasteiger partial charge in [0.1, 0.15) is 0 Å². The summed E-state index contributed by atoms with van der Waals surface area (Å²) in [4.78, 5) is 11.6. The molecular formula is C15H23NO5. The molecule has 6 heteroatoms. The van der Waals surface area contributed by atoms with Gasteiger partial charge < -0.3 is 24.7 Å². The van der Waals surface area contributed by atoms with Crippen molar-refractivity contribution in [2.75, 3.05) is 27.4 Å². The van der Waals surface area contributed by atoms with Gasteiger partial charge in [-0.25, -0.2) is 4.79 Å². The van der Waals surface area contributed by atoms with E-state index >= 15 is 0 Å². The third kappa shape index (κ3) is 5.15. The molecule has 0 spiro atoms. The Balaban J connectivity index is 2.91. The largest absolute Gasteiger partial charge is 0.493 e. The Labute approximate surface area is 125 Å². The van der Waals surface area contributed by atoms with Crippen LogP contribution in [-0.4, -0.2) is 39.4 Å². The number of benzene rings is 1. The Kier molecular flexibility index (Phi) is 6.81. The molecule has 0 bridgehead atoms. The molecule has 118 valence electrons. The Morgan fingerprint density at radius 1 is 1.19 bits per heavy atom. The lowest BCUT2D eigenvalue weighted by atomic mass is 10.1. The smallest absolute Gasteiger partial charge is 0.344 e. The monoisotopic (exact) mass is 297 g/mol. The van der Waals surface area contributed by atoms with E-state index in [4.69, 9.17) is 24.7 Å². The predicted octanol–water partition coefficient (Wildman–Crippen LogP) is 1.54. The molecular weight excluding hydrogens is 274 g/mol. The van der Waals surface area contributed by atoms with Crippen molar-refractivity contribution in [2.45, 2.75) is 26.4 Å². The first-order chi connectivity index (χ1) is 10.0. The number of esters is 1. The number of carbonyl (C=O) groups is 1. The molecule has 1 aromatic carbocycles. The molecule has 0 atom stereocenters. The minimum Gasteiger partial charge on any atom is -0.493 e. The molecule has 0 radical (unpaired) electrons. The number of hydrogen-bond acceptors (Lipinski definition) is 6. The molecule has 0 aromatic heterocycles. The summed E-state index contributed by atoms with van der Waals surface area (Å²) in [5, 5.41) is 0. The molecule has 1 aromatic rings. The number of carbonyl (C=O) groups excluding carboxylic acids is 1. The van der Waals surface area contributed by atoms with Gasteiger partial charge in [-0.1, -0.05) is 0 Å². The zero-order valence-electron chi connectivity index (χ0n) is 13.0. The molecule has 0 aliphatic carbocycles. The average molecular weight is 297 g/mol. The van der Waals surface area contributed by atoms with Crippen LogP contribution in [0, 0.1) is 0 Å². The first-order valence-corrected chi connectivity index (χ1v) is 6.79. The number of hydrogen-bond donors (Lipinski definition) is 1. The predicted molar refractivity (Wildman–Crippen MR) is 79.0 cm³/mol. The van der Waals surface area contributed by atoms with Gasteiger partial charge in [-0.3, -0.25) is 0 Å². The fourth-order valence-electron chi connectivity index (χ4n) is 1.82. The van der Waals surface area contributed by atoms with E-state index < -0.39 is 5.97 Å². The summed E-state index contributed by atoms with van der Waals surface area (Å²) in [5.41, 5.74) is 6.53. The molecule has 0 fully saturated rings. The first kappa shape index (κ1) is 17.1. The van der Waals surface area contributed by atoms with Gasteiger partial charge in [-0.05, 0) is 44.5 Å². The summed E-state index contributed by atoms with van der Waals surface area (Å²) in [6.07, 6.45) is 0.513. The molecule has 21 heavy (non-hydrogen) atoms. The Hall–Kier alpha value is -1.95. The highest BCUT2D eigenvalue weighted by molar-refractivity contribution is 5.71. The molecule has 0 saturated carbocycles. The third-order valence-corrected chi connectivity index (χ3v) is 2.65. The van der Waals surface area contributed by atoms with Gasteiger partial charge in [0.2, 0.25) is 5.75 Å². The van der Waals surface area contributed by atoms with E-state index in [0.29, 0.717) is 30.2 Å². The minimum absolute atomic E-state index is 0.183. The van der Waals surface area contributed by atoms with E-state index in [0.717, 1.165) is 5.56 Å². The van der Waals surface area contributed by atoms with Crippen LogP contribution in [0.15, 0.2) is 12.1 Å². The van der Waals surface area contributed by atoms with Crippen LogP contribution in [0.2, 0.25) is 0 Å². The molecule has 6 nitrogen and oxygen atoms in total. The van der Waals surface area contributed by atoms with Crippen LogP contribution in [0.5, 0.6) is 17.2 Å².